The fourth-order valence-corrected chi connectivity index (χ4v) is 9.49. The van der Waals surface area contributed by atoms with Crippen LogP contribution in [0.3, 0.4) is 0 Å². The Morgan fingerprint density at radius 3 is 2.07 bits per heavy atom. The molecule has 2 aromatic rings. The zero-order valence-electron chi connectivity index (χ0n) is 37.8. The van der Waals surface area contributed by atoms with Crippen molar-refractivity contribution < 1.29 is 37.4 Å². The first-order valence-electron chi connectivity index (χ1n) is 21.0. The van der Waals surface area contributed by atoms with Crippen molar-refractivity contribution in [3.05, 3.63) is 68.3 Å². The van der Waals surface area contributed by atoms with E-state index in [1.165, 1.54) is 0 Å². The summed E-state index contributed by atoms with van der Waals surface area (Å²) in [5.41, 5.74) is 2.46. The zero-order valence-corrected chi connectivity index (χ0v) is 41.9. The predicted octanol–water partition coefficient (Wildman–Crippen LogP) is 12.2. The molecule has 1 aliphatic heterocycles. The fourth-order valence-electron chi connectivity index (χ4n) is 6.37. The number of ketones is 1. The second kappa shape index (κ2) is 20.5. The molecule has 57 heavy (non-hydrogen) atoms. The lowest BCUT2D eigenvalue weighted by molar-refractivity contribution is -0.154. The van der Waals surface area contributed by atoms with Gasteiger partial charge in [0.1, 0.15) is 30.8 Å². The van der Waals surface area contributed by atoms with Crippen LogP contribution in [-0.2, 0) is 47.5 Å². The highest BCUT2D eigenvalue weighted by Crippen LogP contribution is 2.49. The lowest BCUT2D eigenvalue weighted by atomic mass is 9.90. The van der Waals surface area contributed by atoms with Crippen molar-refractivity contribution in [3.8, 4) is 11.5 Å². The van der Waals surface area contributed by atoms with E-state index in [1.807, 2.05) is 31.2 Å². The van der Waals surface area contributed by atoms with Crippen LogP contribution in [0.15, 0.2) is 48.0 Å². The minimum Gasteiger partial charge on any atom is -0.488 e. The smallest absolute Gasteiger partial charge is 0.343 e. The van der Waals surface area contributed by atoms with E-state index in [2.05, 4.69) is 129 Å². The topological polar surface area (TPSA) is 92.8 Å². The molecule has 0 radical (unpaired) electrons. The van der Waals surface area contributed by atoms with E-state index in [-0.39, 0.29) is 41.6 Å². The van der Waals surface area contributed by atoms with Gasteiger partial charge in [-0.1, -0.05) is 106 Å². The van der Waals surface area contributed by atoms with Gasteiger partial charge < -0.3 is 27.8 Å². The second-order valence-electron chi connectivity index (χ2n) is 18.9. The van der Waals surface area contributed by atoms with Gasteiger partial charge in [0.15, 0.2) is 22.4 Å². The first kappa shape index (κ1) is 49.3. The lowest BCUT2D eigenvalue weighted by Crippen LogP contribution is -2.52. The monoisotopic (exact) mass is 936 g/mol. The Bertz CT molecular complexity index is 1680. The molecule has 0 N–H and O–H groups in total. The summed E-state index contributed by atoms with van der Waals surface area (Å²) in [6.07, 6.45) is 3.57. The number of Topliss-reactive ketones (excluding diaryl/α,β-unsaturated/α-hetero) is 1. The van der Waals surface area contributed by atoms with Crippen molar-refractivity contribution in [2.24, 2.45) is 5.92 Å². The second-order valence-corrected chi connectivity index (χ2v) is 29.6. The number of esters is 1. The van der Waals surface area contributed by atoms with Gasteiger partial charge in [-0.25, -0.2) is 4.79 Å². The van der Waals surface area contributed by atoms with Crippen molar-refractivity contribution in [2.75, 3.05) is 13.2 Å². The third-order valence-corrected chi connectivity index (χ3v) is 21.6. The molecule has 1 heterocycles. The first-order chi connectivity index (χ1) is 26.4. The highest BCUT2D eigenvalue weighted by Gasteiger charge is 2.69. The Balaban J connectivity index is 2.06. The number of ether oxygens (including phenoxy) is 4. The number of carbonyl (C=O) groups excluding carboxylic acids is 2. The van der Waals surface area contributed by atoms with Gasteiger partial charge in [0, 0.05) is 6.42 Å². The molecule has 0 aromatic heterocycles. The van der Waals surface area contributed by atoms with Gasteiger partial charge in [-0.3, -0.25) is 4.79 Å². The van der Waals surface area contributed by atoms with Crippen molar-refractivity contribution >= 4 is 51.0 Å². The molecule has 1 fully saturated rings. The van der Waals surface area contributed by atoms with E-state index in [0.29, 0.717) is 43.3 Å². The van der Waals surface area contributed by atoms with Crippen LogP contribution >= 0.6 is 22.6 Å². The van der Waals surface area contributed by atoms with E-state index < -0.39 is 34.3 Å². The molecular formula is C46H73IO8Si2. The number of allylic oxidation sites excluding steroid dienone is 1. The number of hydrogen-bond donors (Lipinski definition) is 0. The van der Waals surface area contributed by atoms with E-state index in [4.69, 9.17) is 27.8 Å². The normalized spacial score (nSPS) is 18.4. The molecule has 1 saturated heterocycles. The number of carbonyl (C=O) groups is 2. The molecule has 8 nitrogen and oxygen atoms in total. The molecule has 0 unspecified atom stereocenters. The summed E-state index contributed by atoms with van der Waals surface area (Å²) >= 11 is 2.36. The SMILES string of the molecule is CCC/C(=C\COc1c(I)cc(CC(C)C)c(OCc2ccccc2)c1CO[Si](C)(C)C(C)(C)C)C(=O)C[C@H](O[Si](C)(C)C(C)(C)C)[C@]1(C(=O)OCC)O[C@H]1CC. The number of hydrogen-bond acceptors (Lipinski definition) is 8. The molecular weight excluding hydrogens is 864 g/mol. The molecule has 0 saturated carbocycles. The average Bonchev–Trinajstić information content (AvgIpc) is 3.86. The molecule has 1 aliphatic rings. The van der Waals surface area contributed by atoms with Crippen LogP contribution in [0.5, 0.6) is 11.5 Å². The summed E-state index contributed by atoms with van der Waals surface area (Å²) in [7, 11) is -4.60. The summed E-state index contributed by atoms with van der Waals surface area (Å²) in [5, 5.41) is -0.130. The van der Waals surface area contributed by atoms with Gasteiger partial charge in [-0.15, -0.1) is 0 Å². The van der Waals surface area contributed by atoms with Crippen molar-refractivity contribution in [2.45, 2.75) is 176 Å². The third-order valence-electron chi connectivity index (χ3n) is 11.8. The van der Waals surface area contributed by atoms with E-state index in [9.17, 15) is 9.59 Å². The molecule has 0 bridgehead atoms. The van der Waals surface area contributed by atoms with E-state index in [1.54, 1.807) is 6.92 Å². The minimum atomic E-state index is -2.44. The number of benzene rings is 2. The maximum atomic E-state index is 14.4. The first-order valence-corrected chi connectivity index (χ1v) is 27.9. The maximum absolute atomic E-state index is 14.4. The van der Waals surface area contributed by atoms with E-state index in [0.717, 1.165) is 38.9 Å². The van der Waals surface area contributed by atoms with Crippen LogP contribution in [0.1, 0.15) is 119 Å². The molecule has 2 aromatic carbocycles. The summed E-state index contributed by atoms with van der Waals surface area (Å²) < 4.78 is 39.9. The Labute approximate surface area is 360 Å². The zero-order chi connectivity index (χ0) is 43.0. The van der Waals surface area contributed by atoms with Crippen LogP contribution in [0, 0.1) is 9.49 Å². The molecule has 320 valence electrons. The molecule has 0 spiro atoms. The van der Waals surface area contributed by atoms with Gasteiger partial charge in [-0.2, -0.15) is 0 Å². The highest BCUT2D eigenvalue weighted by molar-refractivity contribution is 14.1. The Hall–Kier alpha value is -2.04. The van der Waals surface area contributed by atoms with Crippen LogP contribution < -0.4 is 9.47 Å². The fraction of sp³-hybridized carbons (Fsp3) is 0.652. The third kappa shape index (κ3) is 12.7. The van der Waals surface area contributed by atoms with Gasteiger partial charge in [0.25, 0.3) is 0 Å². The predicted molar refractivity (Wildman–Crippen MR) is 245 cm³/mol. The standard InChI is InChI=1S/C46H73IO8Si2/c1-16-22-34(38(48)29-40(55-57(14,15)45(9,10)11)46(39(17-2)54-46)43(49)50-18-3)25-26-51-42-36(31-53-56(12,13)44(6,7)8)41(35(27-32(4)5)28-37(42)47)52-30-33-23-20-19-21-24-33/h19-21,23-25,28,32,39-40H,16-18,22,26-27,29-31H2,1-15H3/b34-25+/t39-,40-,46+/m0/s1. The number of halogens is 1. The summed E-state index contributed by atoms with van der Waals surface area (Å²) in [4.78, 5) is 28.0. The quantitative estimate of drug-likeness (QED) is 0.0379. The Morgan fingerprint density at radius 1 is 0.912 bits per heavy atom. The average molecular weight is 937 g/mol. The molecule has 11 heteroatoms. The van der Waals surface area contributed by atoms with E-state index >= 15 is 0 Å². The molecule has 0 amide bonds. The molecule has 0 aliphatic carbocycles. The summed E-state index contributed by atoms with van der Waals surface area (Å²) in [6, 6.07) is 12.4. The van der Waals surface area contributed by atoms with Crippen molar-refractivity contribution in [1.82, 2.24) is 0 Å². The van der Waals surface area contributed by atoms with Crippen molar-refractivity contribution in [3.63, 3.8) is 0 Å². The summed E-state index contributed by atoms with van der Waals surface area (Å²) in [6.45, 7) is 33.4. The largest absolute Gasteiger partial charge is 0.488 e. The summed E-state index contributed by atoms with van der Waals surface area (Å²) in [5.74, 6) is 1.40. The van der Waals surface area contributed by atoms with Gasteiger partial charge in [-0.05, 0) is 120 Å². The molecule has 3 rings (SSSR count). The Kier molecular flexibility index (Phi) is 17.7. The van der Waals surface area contributed by atoms with Crippen LogP contribution in [-0.4, -0.2) is 59.4 Å². The lowest BCUT2D eigenvalue weighted by Gasteiger charge is -2.40. The maximum Gasteiger partial charge on any atom is 0.343 e. The highest BCUT2D eigenvalue weighted by atomic mass is 127. The van der Waals surface area contributed by atoms with Gasteiger partial charge in [0.05, 0.1) is 28.5 Å². The Morgan fingerprint density at radius 2 is 1.54 bits per heavy atom. The molecule has 3 atom stereocenters. The van der Waals surface area contributed by atoms with Gasteiger partial charge in [0.2, 0.25) is 5.60 Å². The van der Waals surface area contributed by atoms with Gasteiger partial charge >= 0.3 is 5.97 Å². The number of epoxide rings is 1. The van der Waals surface area contributed by atoms with Crippen LogP contribution in [0.4, 0.5) is 0 Å². The van der Waals surface area contributed by atoms with Crippen LogP contribution in [0.2, 0.25) is 36.3 Å². The minimum absolute atomic E-state index is 0.0121. The number of rotatable bonds is 22. The van der Waals surface area contributed by atoms with Crippen LogP contribution in [0.25, 0.3) is 0 Å². The van der Waals surface area contributed by atoms with Crippen molar-refractivity contribution in [1.29, 1.82) is 0 Å².